The number of benzene rings is 2. The van der Waals surface area contributed by atoms with E-state index in [4.69, 9.17) is 14.2 Å². The first-order valence-electron chi connectivity index (χ1n) is 8.92. The average molecular weight is 394 g/mol. The van der Waals surface area contributed by atoms with Crippen LogP contribution in [-0.4, -0.2) is 28.1 Å². The SMILES string of the molecule is Cc1cc(C)cc(Oc2ncnc(Nc3ccc4c(c3)OCCO4)c2[N+](=O)[O-])c1. The summed E-state index contributed by atoms with van der Waals surface area (Å²) in [4.78, 5) is 19.2. The van der Waals surface area contributed by atoms with Gasteiger partial charge < -0.3 is 19.5 Å². The molecule has 148 valence electrons. The van der Waals surface area contributed by atoms with E-state index in [1.54, 1.807) is 30.3 Å². The minimum absolute atomic E-state index is 0.0149. The molecule has 0 bridgehead atoms. The highest BCUT2D eigenvalue weighted by Gasteiger charge is 2.26. The zero-order chi connectivity index (χ0) is 20.4. The molecule has 0 fully saturated rings. The van der Waals surface area contributed by atoms with Gasteiger partial charge in [0.2, 0.25) is 5.82 Å². The summed E-state index contributed by atoms with van der Waals surface area (Å²) >= 11 is 0. The molecule has 0 unspecified atom stereocenters. The lowest BCUT2D eigenvalue weighted by atomic mass is 10.1. The molecule has 1 aliphatic rings. The number of nitrogens with one attached hydrogen (secondary N) is 1. The molecule has 0 aliphatic carbocycles. The van der Waals surface area contributed by atoms with Crippen LogP contribution in [0.5, 0.6) is 23.1 Å². The van der Waals surface area contributed by atoms with E-state index in [9.17, 15) is 10.1 Å². The second kappa shape index (κ2) is 7.63. The molecule has 1 N–H and O–H groups in total. The monoisotopic (exact) mass is 394 g/mol. The van der Waals surface area contributed by atoms with Crippen LogP contribution in [-0.2, 0) is 0 Å². The van der Waals surface area contributed by atoms with Gasteiger partial charge in [-0.1, -0.05) is 6.07 Å². The summed E-state index contributed by atoms with van der Waals surface area (Å²) in [5, 5.41) is 14.7. The van der Waals surface area contributed by atoms with Crippen LogP contribution >= 0.6 is 0 Å². The second-order valence-corrected chi connectivity index (χ2v) is 6.54. The molecule has 0 spiro atoms. The van der Waals surface area contributed by atoms with E-state index in [0.29, 0.717) is 36.1 Å². The molecule has 0 radical (unpaired) electrons. The van der Waals surface area contributed by atoms with Gasteiger partial charge in [0, 0.05) is 11.8 Å². The van der Waals surface area contributed by atoms with Crippen molar-refractivity contribution in [3.63, 3.8) is 0 Å². The van der Waals surface area contributed by atoms with Crippen molar-refractivity contribution < 1.29 is 19.1 Å². The summed E-state index contributed by atoms with van der Waals surface area (Å²) in [7, 11) is 0. The zero-order valence-corrected chi connectivity index (χ0v) is 15.8. The van der Waals surface area contributed by atoms with Crippen molar-refractivity contribution in [1.29, 1.82) is 0 Å². The van der Waals surface area contributed by atoms with Gasteiger partial charge in [0.25, 0.3) is 0 Å². The van der Waals surface area contributed by atoms with Gasteiger partial charge in [-0.05, 0) is 49.2 Å². The Bertz CT molecular complexity index is 1070. The molecule has 9 nitrogen and oxygen atoms in total. The van der Waals surface area contributed by atoms with E-state index >= 15 is 0 Å². The van der Waals surface area contributed by atoms with Gasteiger partial charge >= 0.3 is 11.6 Å². The molecule has 4 rings (SSSR count). The summed E-state index contributed by atoms with van der Waals surface area (Å²) in [6.45, 7) is 4.76. The van der Waals surface area contributed by atoms with Crippen molar-refractivity contribution in [2.45, 2.75) is 13.8 Å². The van der Waals surface area contributed by atoms with E-state index in [-0.39, 0.29) is 17.4 Å². The molecule has 1 aliphatic heterocycles. The number of ether oxygens (including phenoxy) is 3. The number of nitro groups is 1. The molecular formula is C20H18N4O5. The Labute approximate surface area is 166 Å². The smallest absolute Gasteiger partial charge is 0.373 e. The zero-order valence-electron chi connectivity index (χ0n) is 15.8. The standard InChI is InChI=1S/C20H18N4O5/c1-12-7-13(2)9-15(8-12)29-20-18(24(25)26)19(21-11-22-20)23-14-3-4-16-17(10-14)28-6-5-27-16/h3-4,7-11H,5-6H2,1-2H3,(H,21,22,23). The van der Waals surface area contributed by atoms with Crippen molar-refractivity contribution in [2.24, 2.45) is 0 Å². The highest BCUT2D eigenvalue weighted by molar-refractivity contribution is 5.70. The molecule has 0 saturated heterocycles. The van der Waals surface area contributed by atoms with Crippen LogP contribution in [0.2, 0.25) is 0 Å². The number of aryl methyl sites for hydroxylation is 2. The highest BCUT2D eigenvalue weighted by Crippen LogP contribution is 2.38. The molecule has 9 heteroatoms. The van der Waals surface area contributed by atoms with Crippen LogP contribution in [0.15, 0.2) is 42.7 Å². The van der Waals surface area contributed by atoms with Crippen molar-refractivity contribution in [3.8, 4) is 23.1 Å². The summed E-state index contributed by atoms with van der Waals surface area (Å²) < 4.78 is 16.8. The number of aromatic nitrogens is 2. The molecule has 0 amide bonds. The number of fused-ring (bicyclic) bond motifs is 1. The van der Waals surface area contributed by atoms with Crippen LogP contribution < -0.4 is 19.5 Å². The molecule has 2 aromatic carbocycles. The lowest BCUT2D eigenvalue weighted by Crippen LogP contribution is -2.15. The first-order chi connectivity index (χ1) is 14.0. The maximum absolute atomic E-state index is 11.8. The number of hydrogen-bond donors (Lipinski definition) is 1. The van der Waals surface area contributed by atoms with Crippen molar-refractivity contribution in [2.75, 3.05) is 18.5 Å². The van der Waals surface area contributed by atoms with Crippen LogP contribution in [0, 0.1) is 24.0 Å². The molecule has 29 heavy (non-hydrogen) atoms. The van der Waals surface area contributed by atoms with Crippen LogP contribution in [0.1, 0.15) is 11.1 Å². The fourth-order valence-corrected chi connectivity index (χ4v) is 3.05. The fourth-order valence-electron chi connectivity index (χ4n) is 3.05. The minimum Gasteiger partial charge on any atom is -0.486 e. The topological polar surface area (TPSA) is 109 Å². The summed E-state index contributed by atoms with van der Waals surface area (Å²) in [5.41, 5.74) is 2.16. The third-order valence-electron chi connectivity index (χ3n) is 4.19. The van der Waals surface area contributed by atoms with Gasteiger partial charge in [0.15, 0.2) is 11.5 Å². The van der Waals surface area contributed by atoms with Gasteiger partial charge in [-0.15, -0.1) is 0 Å². The number of anilines is 2. The van der Waals surface area contributed by atoms with Gasteiger partial charge in [-0.3, -0.25) is 10.1 Å². The van der Waals surface area contributed by atoms with Gasteiger partial charge in [0.05, 0.1) is 4.92 Å². The average Bonchev–Trinajstić information content (AvgIpc) is 2.67. The van der Waals surface area contributed by atoms with Gasteiger partial charge in [0.1, 0.15) is 25.3 Å². The second-order valence-electron chi connectivity index (χ2n) is 6.54. The minimum atomic E-state index is -0.571. The molecular weight excluding hydrogens is 376 g/mol. The van der Waals surface area contributed by atoms with E-state index < -0.39 is 4.92 Å². The molecule has 0 atom stereocenters. The quantitative estimate of drug-likeness (QED) is 0.504. The maximum Gasteiger partial charge on any atom is 0.373 e. The Balaban J connectivity index is 1.67. The largest absolute Gasteiger partial charge is 0.486 e. The summed E-state index contributed by atoms with van der Waals surface area (Å²) in [6.07, 6.45) is 1.21. The van der Waals surface area contributed by atoms with Gasteiger partial charge in [-0.25, -0.2) is 4.98 Å². The van der Waals surface area contributed by atoms with Crippen LogP contribution in [0.25, 0.3) is 0 Å². The predicted octanol–water partition coefficient (Wildman–Crippen LogP) is 4.31. The van der Waals surface area contributed by atoms with Crippen molar-refractivity contribution in [3.05, 3.63) is 64.0 Å². The van der Waals surface area contributed by atoms with Crippen LogP contribution in [0.4, 0.5) is 17.2 Å². The molecule has 0 saturated carbocycles. The van der Waals surface area contributed by atoms with E-state index in [1.807, 2.05) is 19.9 Å². The van der Waals surface area contributed by atoms with E-state index in [2.05, 4.69) is 15.3 Å². The Morgan fingerprint density at radius 1 is 1.03 bits per heavy atom. The van der Waals surface area contributed by atoms with E-state index in [1.165, 1.54) is 6.33 Å². The Kier molecular flexibility index (Phi) is 4.86. The first kappa shape index (κ1) is 18.5. The Hall–Kier alpha value is -3.88. The normalized spacial score (nSPS) is 12.3. The third kappa shape index (κ3) is 4.03. The number of hydrogen-bond acceptors (Lipinski definition) is 8. The number of rotatable bonds is 5. The molecule has 1 aromatic heterocycles. The summed E-state index contributed by atoms with van der Waals surface area (Å²) in [5.74, 6) is 1.52. The highest BCUT2D eigenvalue weighted by atomic mass is 16.6. The molecule has 3 aromatic rings. The Morgan fingerprint density at radius 2 is 1.76 bits per heavy atom. The number of nitrogens with zero attached hydrogens (tertiary/aromatic N) is 3. The Morgan fingerprint density at radius 3 is 2.48 bits per heavy atom. The molecule has 2 heterocycles. The lowest BCUT2D eigenvalue weighted by Gasteiger charge is -2.19. The fraction of sp³-hybridized carbons (Fsp3) is 0.200. The van der Waals surface area contributed by atoms with Crippen molar-refractivity contribution in [1.82, 2.24) is 9.97 Å². The van der Waals surface area contributed by atoms with Crippen LogP contribution in [0.3, 0.4) is 0 Å². The van der Waals surface area contributed by atoms with Crippen molar-refractivity contribution >= 4 is 17.2 Å². The summed E-state index contributed by atoms with van der Waals surface area (Å²) in [6, 6.07) is 10.7. The third-order valence-corrected chi connectivity index (χ3v) is 4.19. The van der Waals surface area contributed by atoms with Gasteiger partial charge in [-0.2, -0.15) is 4.98 Å². The maximum atomic E-state index is 11.8. The predicted molar refractivity (Wildman–Crippen MR) is 105 cm³/mol. The lowest BCUT2D eigenvalue weighted by molar-refractivity contribution is -0.385. The van der Waals surface area contributed by atoms with E-state index in [0.717, 1.165) is 11.1 Å². The first-order valence-corrected chi connectivity index (χ1v) is 8.92.